The number of nitrogens with one attached hydrogen (secondary N) is 1. The van der Waals surface area contributed by atoms with E-state index in [0.717, 1.165) is 5.56 Å². The summed E-state index contributed by atoms with van der Waals surface area (Å²) in [6, 6.07) is 9.98. The van der Waals surface area contributed by atoms with Gasteiger partial charge in [0.1, 0.15) is 24.0 Å². The maximum atomic E-state index is 14.1. The number of aliphatic imine (C=N–C) groups is 1. The summed E-state index contributed by atoms with van der Waals surface area (Å²) in [5, 5.41) is 4.01. The van der Waals surface area contributed by atoms with E-state index >= 15 is 0 Å². The summed E-state index contributed by atoms with van der Waals surface area (Å²) < 4.78 is 19.9. The maximum Gasteiger partial charge on any atom is 0.137 e. The van der Waals surface area contributed by atoms with Gasteiger partial charge >= 0.3 is 0 Å². The van der Waals surface area contributed by atoms with Crippen molar-refractivity contribution in [3.8, 4) is 5.75 Å². The van der Waals surface area contributed by atoms with Gasteiger partial charge in [0.2, 0.25) is 0 Å². The zero-order valence-electron chi connectivity index (χ0n) is 11.6. The minimum absolute atomic E-state index is 0.265. The molecule has 1 aliphatic rings. The number of amidine groups is 1. The third-order valence-electron chi connectivity index (χ3n) is 3.26. The van der Waals surface area contributed by atoms with Gasteiger partial charge in [-0.3, -0.25) is 4.99 Å². The van der Waals surface area contributed by atoms with Crippen molar-refractivity contribution in [2.75, 3.05) is 13.1 Å². The molecule has 3 rings (SSSR count). The molecule has 0 unspecified atom stereocenters. The predicted molar refractivity (Wildman–Crippen MR) is 86.6 cm³/mol. The molecule has 0 aromatic heterocycles. The first kappa shape index (κ1) is 15.1. The van der Waals surface area contributed by atoms with Crippen molar-refractivity contribution >= 4 is 29.0 Å². The van der Waals surface area contributed by atoms with Crippen molar-refractivity contribution in [1.29, 1.82) is 0 Å². The average molecular weight is 339 g/mol. The van der Waals surface area contributed by atoms with E-state index in [0.29, 0.717) is 40.3 Å². The van der Waals surface area contributed by atoms with Crippen molar-refractivity contribution in [2.45, 2.75) is 6.61 Å². The van der Waals surface area contributed by atoms with Crippen LogP contribution in [0.1, 0.15) is 11.1 Å². The van der Waals surface area contributed by atoms with Crippen LogP contribution in [0, 0.1) is 5.82 Å². The molecular formula is C16H13Cl2FN2O. The van der Waals surface area contributed by atoms with Gasteiger partial charge in [0, 0.05) is 6.54 Å². The van der Waals surface area contributed by atoms with E-state index in [1.165, 1.54) is 6.07 Å². The molecule has 3 nitrogen and oxygen atoms in total. The lowest BCUT2D eigenvalue weighted by atomic mass is 10.1. The molecule has 6 heteroatoms. The smallest absolute Gasteiger partial charge is 0.137 e. The summed E-state index contributed by atoms with van der Waals surface area (Å²) in [7, 11) is 0. The SMILES string of the molecule is Fc1cccc(OCc2ccc(Cl)c(Cl)c2)c1C1=NCCN1. The Morgan fingerprint density at radius 2 is 2.05 bits per heavy atom. The predicted octanol–water partition coefficient (Wildman–Crippen LogP) is 4.06. The zero-order chi connectivity index (χ0) is 15.5. The second-order valence-corrected chi connectivity index (χ2v) is 5.62. The van der Waals surface area contributed by atoms with E-state index in [4.69, 9.17) is 27.9 Å². The highest BCUT2D eigenvalue weighted by atomic mass is 35.5. The fourth-order valence-electron chi connectivity index (χ4n) is 2.21. The van der Waals surface area contributed by atoms with Crippen LogP contribution < -0.4 is 10.1 Å². The fraction of sp³-hybridized carbons (Fsp3) is 0.188. The normalized spacial score (nSPS) is 13.7. The molecule has 2 aromatic carbocycles. The van der Waals surface area contributed by atoms with Crippen LogP contribution in [0.2, 0.25) is 10.0 Å². The van der Waals surface area contributed by atoms with Gasteiger partial charge < -0.3 is 10.1 Å². The highest BCUT2D eigenvalue weighted by molar-refractivity contribution is 6.42. The molecule has 0 aliphatic carbocycles. The molecule has 0 bridgehead atoms. The molecule has 0 spiro atoms. The summed E-state index contributed by atoms with van der Waals surface area (Å²) in [4.78, 5) is 4.26. The molecule has 1 aliphatic heterocycles. The summed E-state index contributed by atoms with van der Waals surface area (Å²) in [6.07, 6.45) is 0. The molecule has 0 atom stereocenters. The minimum atomic E-state index is -0.361. The lowest BCUT2D eigenvalue weighted by molar-refractivity contribution is 0.304. The average Bonchev–Trinajstić information content (AvgIpc) is 3.02. The maximum absolute atomic E-state index is 14.1. The first-order valence-electron chi connectivity index (χ1n) is 6.79. The van der Waals surface area contributed by atoms with Crippen molar-refractivity contribution in [3.63, 3.8) is 0 Å². The van der Waals surface area contributed by atoms with Gasteiger partial charge in [-0.05, 0) is 29.8 Å². The van der Waals surface area contributed by atoms with E-state index in [-0.39, 0.29) is 12.4 Å². The van der Waals surface area contributed by atoms with Crippen LogP contribution in [-0.2, 0) is 6.61 Å². The Balaban J connectivity index is 1.83. The van der Waals surface area contributed by atoms with Gasteiger partial charge in [-0.25, -0.2) is 4.39 Å². The Bertz CT molecular complexity index is 734. The summed E-state index contributed by atoms with van der Waals surface area (Å²) in [6.45, 7) is 1.60. The third kappa shape index (κ3) is 3.18. The van der Waals surface area contributed by atoms with Crippen LogP contribution in [0.4, 0.5) is 4.39 Å². The van der Waals surface area contributed by atoms with Crippen LogP contribution in [0.25, 0.3) is 0 Å². The Labute approximate surface area is 137 Å². The summed E-state index contributed by atoms with van der Waals surface area (Å²) in [5.74, 6) is 0.612. The van der Waals surface area contributed by atoms with E-state index < -0.39 is 0 Å². The van der Waals surface area contributed by atoms with Gasteiger partial charge in [-0.15, -0.1) is 0 Å². The summed E-state index contributed by atoms with van der Waals surface area (Å²) >= 11 is 11.9. The molecule has 22 heavy (non-hydrogen) atoms. The quantitative estimate of drug-likeness (QED) is 0.911. The number of halogens is 3. The number of benzene rings is 2. The van der Waals surface area contributed by atoms with E-state index in [1.54, 1.807) is 24.3 Å². The van der Waals surface area contributed by atoms with Crippen molar-refractivity contribution in [2.24, 2.45) is 4.99 Å². The third-order valence-corrected chi connectivity index (χ3v) is 4.00. The molecule has 0 saturated heterocycles. The van der Waals surface area contributed by atoms with Crippen molar-refractivity contribution in [1.82, 2.24) is 5.32 Å². The molecular weight excluding hydrogens is 326 g/mol. The van der Waals surface area contributed by atoms with Gasteiger partial charge in [-0.2, -0.15) is 0 Å². The van der Waals surface area contributed by atoms with Crippen LogP contribution in [0.5, 0.6) is 5.75 Å². The molecule has 1 N–H and O–H groups in total. The number of ether oxygens (including phenoxy) is 1. The lowest BCUT2D eigenvalue weighted by Gasteiger charge is -2.13. The standard InChI is InChI=1S/C16H13Cl2FN2O/c17-11-5-4-10(8-12(11)18)9-22-14-3-1-2-13(19)15(14)16-20-6-7-21-16/h1-5,8H,6-7,9H2,(H,20,21). The molecule has 0 fully saturated rings. The molecule has 1 heterocycles. The largest absolute Gasteiger partial charge is 0.488 e. The molecule has 0 saturated carbocycles. The highest BCUT2D eigenvalue weighted by Gasteiger charge is 2.18. The number of hydrogen-bond acceptors (Lipinski definition) is 3. The van der Waals surface area contributed by atoms with Crippen LogP contribution in [-0.4, -0.2) is 18.9 Å². The second-order valence-electron chi connectivity index (χ2n) is 4.81. The molecule has 114 valence electrons. The first-order valence-corrected chi connectivity index (χ1v) is 7.54. The van der Waals surface area contributed by atoms with E-state index in [2.05, 4.69) is 10.3 Å². The van der Waals surface area contributed by atoms with E-state index in [1.807, 2.05) is 6.07 Å². The molecule has 0 amide bonds. The Kier molecular flexibility index (Phi) is 4.50. The topological polar surface area (TPSA) is 33.6 Å². The Hall–Kier alpha value is -1.78. The molecule has 0 radical (unpaired) electrons. The summed E-state index contributed by atoms with van der Waals surface area (Å²) in [5.41, 5.74) is 1.21. The van der Waals surface area contributed by atoms with Crippen molar-refractivity contribution < 1.29 is 9.13 Å². The highest BCUT2D eigenvalue weighted by Crippen LogP contribution is 2.26. The van der Waals surface area contributed by atoms with Crippen LogP contribution in [0.15, 0.2) is 41.4 Å². The Morgan fingerprint density at radius 1 is 1.18 bits per heavy atom. The number of rotatable bonds is 4. The van der Waals surface area contributed by atoms with Crippen LogP contribution in [0.3, 0.4) is 0 Å². The van der Waals surface area contributed by atoms with Gasteiger partial charge in [-0.1, -0.05) is 35.3 Å². The fourth-order valence-corrected chi connectivity index (χ4v) is 2.53. The van der Waals surface area contributed by atoms with Gasteiger partial charge in [0.25, 0.3) is 0 Å². The molecule has 2 aromatic rings. The minimum Gasteiger partial charge on any atom is -0.488 e. The number of nitrogens with zero attached hydrogens (tertiary/aromatic N) is 1. The number of hydrogen-bond donors (Lipinski definition) is 1. The monoisotopic (exact) mass is 338 g/mol. The van der Waals surface area contributed by atoms with E-state index in [9.17, 15) is 4.39 Å². The van der Waals surface area contributed by atoms with Gasteiger partial charge in [0.15, 0.2) is 0 Å². The van der Waals surface area contributed by atoms with Crippen molar-refractivity contribution in [3.05, 3.63) is 63.4 Å². The van der Waals surface area contributed by atoms with Gasteiger partial charge in [0.05, 0.1) is 22.2 Å². The first-order chi connectivity index (χ1) is 10.6. The zero-order valence-corrected chi connectivity index (χ0v) is 13.1. The second kappa shape index (κ2) is 6.55. The van der Waals surface area contributed by atoms with Crippen LogP contribution >= 0.6 is 23.2 Å². The lowest BCUT2D eigenvalue weighted by Crippen LogP contribution is -2.21. The Morgan fingerprint density at radius 3 is 2.77 bits per heavy atom.